The van der Waals surface area contributed by atoms with Crippen LogP contribution in [0.5, 0.6) is 0 Å². The van der Waals surface area contributed by atoms with Crippen LogP contribution >= 0.6 is 0 Å². The Labute approximate surface area is 111 Å². The van der Waals surface area contributed by atoms with Gasteiger partial charge in [-0.05, 0) is 5.56 Å². The number of benzene rings is 1. The van der Waals surface area contributed by atoms with Crippen LogP contribution in [0.1, 0.15) is 17.5 Å². The van der Waals surface area contributed by atoms with Crippen molar-refractivity contribution < 1.29 is 9.63 Å². The number of carbonyl (C=O) groups excluding carboxylic acids is 1. The van der Waals surface area contributed by atoms with Crippen molar-refractivity contribution in [1.29, 1.82) is 5.41 Å². The maximum Gasteiger partial charge on any atom is 0.261 e. The SMILES string of the molecule is CN(C)C(=N)c1ccc(C2=NOC(C(N)=O)C2)cc1. The first-order valence-corrected chi connectivity index (χ1v) is 5.87. The average molecular weight is 260 g/mol. The van der Waals surface area contributed by atoms with Crippen molar-refractivity contribution in [3.05, 3.63) is 35.4 Å². The van der Waals surface area contributed by atoms with Gasteiger partial charge in [-0.2, -0.15) is 0 Å². The lowest BCUT2D eigenvalue weighted by Crippen LogP contribution is -2.28. The zero-order valence-electron chi connectivity index (χ0n) is 10.9. The van der Waals surface area contributed by atoms with Crippen LogP contribution in [-0.4, -0.2) is 42.6 Å². The number of oxime groups is 1. The molecule has 0 spiro atoms. The van der Waals surface area contributed by atoms with Crippen molar-refractivity contribution in [3.63, 3.8) is 0 Å². The van der Waals surface area contributed by atoms with Crippen LogP contribution < -0.4 is 5.73 Å². The molecule has 1 aromatic rings. The third-order valence-corrected chi connectivity index (χ3v) is 2.92. The van der Waals surface area contributed by atoms with Gasteiger partial charge in [0.25, 0.3) is 5.91 Å². The quantitative estimate of drug-likeness (QED) is 0.614. The van der Waals surface area contributed by atoms with E-state index in [1.54, 1.807) is 4.90 Å². The van der Waals surface area contributed by atoms with E-state index in [1.165, 1.54) is 0 Å². The maximum absolute atomic E-state index is 11.0. The molecule has 1 atom stereocenters. The fourth-order valence-corrected chi connectivity index (χ4v) is 1.78. The van der Waals surface area contributed by atoms with Gasteiger partial charge in [-0.1, -0.05) is 29.4 Å². The van der Waals surface area contributed by atoms with Crippen LogP contribution in [0.25, 0.3) is 0 Å². The number of amides is 1. The molecule has 1 amide bonds. The topological polar surface area (TPSA) is 91.8 Å². The minimum absolute atomic E-state index is 0.389. The van der Waals surface area contributed by atoms with Crippen molar-refractivity contribution in [2.24, 2.45) is 10.9 Å². The molecule has 0 aliphatic carbocycles. The molecule has 1 unspecified atom stereocenters. The fraction of sp³-hybridized carbons (Fsp3) is 0.308. The minimum atomic E-state index is -0.672. The van der Waals surface area contributed by atoms with E-state index >= 15 is 0 Å². The van der Waals surface area contributed by atoms with Gasteiger partial charge in [0.05, 0.1) is 5.71 Å². The van der Waals surface area contributed by atoms with E-state index in [9.17, 15) is 4.79 Å². The van der Waals surface area contributed by atoms with E-state index in [1.807, 2.05) is 38.4 Å². The van der Waals surface area contributed by atoms with Gasteiger partial charge < -0.3 is 15.5 Å². The van der Waals surface area contributed by atoms with Crippen LogP contribution in [0.15, 0.2) is 29.4 Å². The molecule has 6 nitrogen and oxygen atoms in total. The molecule has 3 N–H and O–H groups in total. The van der Waals surface area contributed by atoms with Crippen LogP contribution in [0, 0.1) is 5.41 Å². The molecular formula is C13H16N4O2. The number of amidine groups is 1. The highest BCUT2D eigenvalue weighted by atomic mass is 16.6. The Hall–Kier alpha value is -2.37. The van der Waals surface area contributed by atoms with Crippen LogP contribution in [0.2, 0.25) is 0 Å². The van der Waals surface area contributed by atoms with Crippen LogP contribution in [-0.2, 0) is 9.63 Å². The Morgan fingerprint density at radius 1 is 1.42 bits per heavy atom. The van der Waals surface area contributed by atoms with E-state index in [0.717, 1.165) is 11.1 Å². The summed E-state index contributed by atoms with van der Waals surface area (Å²) < 4.78 is 0. The van der Waals surface area contributed by atoms with E-state index < -0.39 is 12.0 Å². The first-order valence-electron chi connectivity index (χ1n) is 5.87. The second-order valence-corrected chi connectivity index (χ2v) is 4.56. The largest absolute Gasteiger partial charge is 0.382 e. The zero-order chi connectivity index (χ0) is 14.0. The average Bonchev–Trinajstić information content (AvgIpc) is 2.87. The van der Waals surface area contributed by atoms with Crippen molar-refractivity contribution in [3.8, 4) is 0 Å². The highest BCUT2D eigenvalue weighted by molar-refractivity contribution is 6.04. The lowest BCUT2D eigenvalue weighted by atomic mass is 10.0. The zero-order valence-corrected chi connectivity index (χ0v) is 10.9. The Balaban J connectivity index is 2.12. The fourth-order valence-electron chi connectivity index (χ4n) is 1.78. The predicted octanol–water partition coefficient (Wildman–Crippen LogP) is 0.552. The minimum Gasteiger partial charge on any atom is -0.382 e. The van der Waals surface area contributed by atoms with Gasteiger partial charge in [0.1, 0.15) is 5.84 Å². The number of carbonyl (C=O) groups is 1. The Bertz CT molecular complexity index is 534. The summed E-state index contributed by atoms with van der Waals surface area (Å²) in [4.78, 5) is 17.7. The summed E-state index contributed by atoms with van der Waals surface area (Å²) in [6.45, 7) is 0. The second kappa shape index (κ2) is 5.09. The summed E-state index contributed by atoms with van der Waals surface area (Å²) in [6, 6.07) is 7.41. The predicted molar refractivity (Wildman–Crippen MR) is 72.2 cm³/mol. The van der Waals surface area contributed by atoms with Gasteiger partial charge in [0.2, 0.25) is 6.10 Å². The number of hydrogen-bond donors (Lipinski definition) is 2. The van der Waals surface area contributed by atoms with Crippen LogP contribution in [0.3, 0.4) is 0 Å². The summed E-state index contributed by atoms with van der Waals surface area (Å²) in [6.07, 6.45) is -0.283. The molecule has 1 aromatic carbocycles. The number of primary amides is 1. The van der Waals surface area contributed by atoms with E-state index in [0.29, 0.717) is 18.0 Å². The molecule has 6 heteroatoms. The van der Waals surface area contributed by atoms with E-state index in [2.05, 4.69) is 5.16 Å². The lowest BCUT2D eigenvalue weighted by molar-refractivity contribution is -0.127. The normalized spacial score (nSPS) is 17.6. The summed E-state index contributed by atoms with van der Waals surface area (Å²) in [5, 5.41) is 11.7. The summed E-state index contributed by atoms with van der Waals surface area (Å²) in [5.74, 6) is -0.0732. The molecule has 0 saturated carbocycles. The highest BCUT2D eigenvalue weighted by Crippen LogP contribution is 2.17. The first kappa shape index (κ1) is 13.1. The molecule has 1 aliphatic heterocycles. The Kier molecular flexibility index (Phi) is 3.50. The number of nitrogens with two attached hydrogens (primary N) is 1. The molecule has 0 radical (unpaired) electrons. The highest BCUT2D eigenvalue weighted by Gasteiger charge is 2.26. The lowest BCUT2D eigenvalue weighted by Gasteiger charge is -2.13. The molecule has 0 fully saturated rings. The summed E-state index contributed by atoms with van der Waals surface area (Å²) >= 11 is 0. The number of nitrogens with one attached hydrogen (secondary N) is 1. The number of nitrogens with zero attached hydrogens (tertiary/aromatic N) is 2. The van der Waals surface area contributed by atoms with Gasteiger partial charge in [-0.3, -0.25) is 10.2 Å². The molecule has 0 bridgehead atoms. The van der Waals surface area contributed by atoms with Crippen molar-refractivity contribution in [2.45, 2.75) is 12.5 Å². The molecule has 1 aliphatic rings. The van der Waals surface area contributed by atoms with Gasteiger partial charge in [-0.15, -0.1) is 0 Å². The third kappa shape index (κ3) is 2.73. The van der Waals surface area contributed by atoms with Gasteiger partial charge in [0, 0.05) is 26.1 Å². The Morgan fingerprint density at radius 2 is 2.05 bits per heavy atom. The van der Waals surface area contributed by atoms with Gasteiger partial charge >= 0.3 is 0 Å². The van der Waals surface area contributed by atoms with E-state index in [-0.39, 0.29) is 0 Å². The van der Waals surface area contributed by atoms with Gasteiger partial charge in [0.15, 0.2) is 0 Å². The molecule has 19 heavy (non-hydrogen) atoms. The van der Waals surface area contributed by atoms with Crippen molar-refractivity contribution >= 4 is 17.5 Å². The molecule has 100 valence electrons. The number of hydrogen-bond acceptors (Lipinski definition) is 4. The smallest absolute Gasteiger partial charge is 0.261 e. The third-order valence-electron chi connectivity index (χ3n) is 2.92. The maximum atomic E-state index is 11.0. The first-order chi connectivity index (χ1) is 8.99. The van der Waals surface area contributed by atoms with Gasteiger partial charge in [-0.25, -0.2) is 0 Å². The van der Waals surface area contributed by atoms with Crippen molar-refractivity contribution in [1.82, 2.24) is 4.90 Å². The molecule has 0 saturated heterocycles. The number of rotatable bonds is 3. The van der Waals surface area contributed by atoms with E-state index in [4.69, 9.17) is 16.0 Å². The molecule has 1 heterocycles. The second-order valence-electron chi connectivity index (χ2n) is 4.56. The molecule has 2 rings (SSSR count). The monoisotopic (exact) mass is 260 g/mol. The standard InChI is InChI=1S/C13H16N4O2/c1-17(2)12(14)9-5-3-8(4-6-9)10-7-11(13(15)18)19-16-10/h3-6,11,14H,7H2,1-2H3,(H2,15,18). The summed E-state index contributed by atoms with van der Waals surface area (Å²) in [5.41, 5.74) is 7.56. The summed E-state index contributed by atoms with van der Waals surface area (Å²) in [7, 11) is 3.64. The van der Waals surface area contributed by atoms with Crippen LogP contribution in [0.4, 0.5) is 0 Å². The van der Waals surface area contributed by atoms with Crippen molar-refractivity contribution in [2.75, 3.05) is 14.1 Å². The molecular weight excluding hydrogens is 244 g/mol. The molecule has 0 aromatic heterocycles. The Morgan fingerprint density at radius 3 is 2.53 bits per heavy atom.